The van der Waals surface area contributed by atoms with Gasteiger partial charge in [-0.25, -0.2) is 4.79 Å². The summed E-state index contributed by atoms with van der Waals surface area (Å²) < 4.78 is 8.33. The van der Waals surface area contributed by atoms with Crippen molar-refractivity contribution in [2.24, 2.45) is 12.2 Å². The highest BCUT2D eigenvalue weighted by Gasteiger charge is 2.15. The van der Waals surface area contributed by atoms with E-state index in [1.54, 1.807) is 18.2 Å². The van der Waals surface area contributed by atoms with Crippen LogP contribution in [0.2, 0.25) is 5.02 Å². The van der Waals surface area contributed by atoms with Gasteiger partial charge in [0.2, 0.25) is 0 Å². The Morgan fingerprint density at radius 1 is 1.25 bits per heavy atom. The maximum atomic E-state index is 12.2. The van der Waals surface area contributed by atoms with Gasteiger partial charge in [-0.05, 0) is 65.7 Å². The van der Waals surface area contributed by atoms with E-state index in [-0.39, 0.29) is 12.3 Å². The molecule has 3 aromatic rings. The fraction of sp³-hybridized carbons (Fsp3) is 0.263. The number of aryl methyl sites for hydroxylation is 2. The first kappa shape index (κ1) is 19.6. The number of nitrogens with zero attached hydrogens (tertiary/aromatic N) is 5. The van der Waals surface area contributed by atoms with Gasteiger partial charge in [0.05, 0.1) is 11.4 Å². The molecule has 0 bridgehead atoms. The van der Waals surface area contributed by atoms with Crippen LogP contribution < -0.4 is 10.4 Å². The summed E-state index contributed by atoms with van der Waals surface area (Å²) in [7, 11) is 3.05. The summed E-state index contributed by atoms with van der Waals surface area (Å²) >= 11 is 6.37. The molecule has 0 atom stereocenters. The van der Waals surface area contributed by atoms with Gasteiger partial charge < -0.3 is 9.57 Å². The summed E-state index contributed by atoms with van der Waals surface area (Å²) in [6.07, 6.45) is 0. The standard InChI is InChI=1S/C19H20ClN5O3/c1-12-10-14(13(2)21-27-4)8-9-18(12)28-11-15-16(20)6-5-7-17(15)25-19(26)24(3)22-23-25/h5-10H,11H2,1-4H3/b21-13+. The van der Waals surface area contributed by atoms with Crippen molar-refractivity contribution in [3.05, 3.63) is 68.6 Å². The van der Waals surface area contributed by atoms with Crippen LogP contribution in [0.25, 0.3) is 5.69 Å². The second-order valence-corrected chi connectivity index (χ2v) is 6.57. The predicted molar refractivity (Wildman–Crippen MR) is 106 cm³/mol. The normalized spacial score (nSPS) is 11.5. The fourth-order valence-electron chi connectivity index (χ4n) is 2.73. The number of rotatable bonds is 6. The minimum atomic E-state index is -0.364. The van der Waals surface area contributed by atoms with Gasteiger partial charge in [0.15, 0.2) is 0 Å². The van der Waals surface area contributed by atoms with E-state index in [0.717, 1.165) is 21.5 Å². The van der Waals surface area contributed by atoms with Gasteiger partial charge in [-0.1, -0.05) is 22.8 Å². The highest BCUT2D eigenvalue weighted by atomic mass is 35.5. The molecule has 0 radical (unpaired) electrons. The summed E-state index contributed by atoms with van der Waals surface area (Å²) in [4.78, 5) is 17.0. The predicted octanol–water partition coefficient (Wildman–Crippen LogP) is 2.88. The second kappa shape index (κ2) is 8.26. The molecule has 0 fully saturated rings. The number of ether oxygens (including phenoxy) is 1. The third-order valence-corrected chi connectivity index (χ3v) is 4.59. The van der Waals surface area contributed by atoms with E-state index in [2.05, 4.69) is 15.6 Å². The lowest BCUT2D eigenvalue weighted by atomic mass is 10.1. The van der Waals surface area contributed by atoms with E-state index in [9.17, 15) is 4.79 Å². The monoisotopic (exact) mass is 401 g/mol. The van der Waals surface area contributed by atoms with Crippen molar-refractivity contribution in [2.75, 3.05) is 7.11 Å². The number of oxime groups is 1. The van der Waals surface area contributed by atoms with Crippen LogP contribution in [0.4, 0.5) is 0 Å². The molecule has 1 aromatic heterocycles. The van der Waals surface area contributed by atoms with Crippen molar-refractivity contribution < 1.29 is 9.57 Å². The average Bonchev–Trinajstić information content (AvgIpc) is 3.00. The van der Waals surface area contributed by atoms with Crippen LogP contribution in [-0.2, 0) is 18.5 Å². The summed E-state index contributed by atoms with van der Waals surface area (Å²) in [6.45, 7) is 3.98. The van der Waals surface area contributed by atoms with Gasteiger partial charge in [-0.15, -0.1) is 0 Å². The Hall–Kier alpha value is -3.13. The average molecular weight is 402 g/mol. The van der Waals surface area contributed by atoms with Crippen molar-refractivity contribution in [2.45, 2.75) is 20.5 Å². The SMILES string of the molecule is CO/N=C(\C)c1ccc(OCc2c(Cl)cccc2-n2nnn(C)c2=O)c(C)c1. The molecule has 28 heavy (non-hydrogen) atoms. The van der Waals surface area contributed by atoms with E-state index >= 15 is 0 Å². The Morgan fingerprint density at radius 3 is 2.68 bits per heavy atom. The first-order valence-electron chi connectivity index (χ1n) is 8.50. The quantitative estimate of drug-likeness (QED) is 0.468. The molecule has 0 N–H and O–H groups in total. The van der Waals surface area contributed by atoms with Gasteiger partial charge in [-0.3, -0.25) is 0 Å². The van der Waals surface area contributed by atoms with Crippen molar-refractivity contribution in [1.29, 1.82) is 0 Å². The van der Waals surface area contributed by atoms with Gasteiger partial charge in [-0.2, -0.15) is 9.36 Å². The van der Waals surface area contributed by atoms with E-state index in [1.807, 2.05) is 32.0 Å². The van der Waals surface area contributed by atoms with Gasteiger partial charge >= 0.3 is 5.69 Å². The molecule has 2 aromatic carbocycles. The summed E-state index contributed by atoms with van der Waals surface area (Å²) in [5.41, 5.74) is 3.46. The zero-order valence-electron chi connectivity index (χ0n) is 16.0. The number of hydrogen-bond donors (Lipinski definition) is 0. The summed E-state index contributed by atoms with van der Waals surface area (Å²) in [5.74, 6) is 0.700. The third kappa shape index (κ3) is 3.91. The molecule has 3 rings (SSSR count). The highest BCUT2D eigenvalue weighted by Crippen LogP contribution is 2.26. The molecule has 0 aliphatic rings. The summed E-state index contributed by atoms with van der Waals surface area (Å²) in [6, 6.07) is 11.0. The van der Waals surface area contributed by atoms with Crippen molar-refractivity contribution >= 4 is 17.3 Å². The largest absolute Gasteiger partial charge is 0.488 e. The van der Waals surface area contributed by atoms with Crippen molar-refractivity contribution in [3.63, 3.8) is 0 Å². The minimum Gasteiger partial charge on any atom is -0.488 e. The molecule has 8 nitrogen and oxygen atoms in total. The number of hydrogen-bond acceptors (Lipinski definition) is 6. The Morgan fingerprint density at radius 2 is 2.04 bits per heavy atom. The fourth-order valence-corrected chi connectivity index (χ4v) is 2.95. The lowest BCUT2D eigenvalue weighted by Crippen LogP contribution is -2.23. The summed E-state index contributed by atoms with van der Waals surface area (Å²) in [5, 5.41) is 12.1. The highest BCUT2D eigenvalue weighted by molar-refractivity contribution is 6.31. The number of tetrazole rings is 1. The van der Waals surface area contributed by atoms with Crippen LogP contribution in [0.5, 0.6) is 5.75 Å². The lowest BCUT2D eigenvalue weighted by molar-refractivity contribution is 0.213. The van der Waals surface area contributed by atoms with Crippen LogP contribution in [0.15, 0.2) is 46.3 Å². The molecule has 0 saturated heterocycles. The third-order valence-electron chi connectivity index (χ3n) is 4.24. The topological polar surface area (TPSA) is 83.5 Å². The first-order chi connectivity index (χ1) is 13.4. The van der Waals surface area contributed by atoms with E-state index in [1.165, 1.54) is 18.8 Å². The molecular formula is C19H20ClN5O3. The molecule has 0 aliphatic carbocycles. The van der Waals surface area contributed by atoms with E-state index in [0.29, 0.717) is 22.0 Å². The molecule has 0 spiro atoms. The van der Waals surface area contributed by atoms with Crippen LogP contribution in [0, 0.1) is 6.92 Å². The number of halogens is 1. The molecule has 1 heterocycles. The molecule has 0 unspecified atom stereocenters. The Bertz CT molecular complexity index is 1090. The van der Waals surface area contributed by atoms with E-state index < -0.39 is 0 Å². The molecular weight excluding hydrogens is 382 g/mol. The molecule has 0 aliphatic heterocycles. The zero-order chi connectivity index (χ0) is 20.3. The van der Waals surface area contributed by atoms with E-state index in [4.69, 9.17) is 21.2 Å². The van der Waals surface area contributed by atoms with Gasteiger partial charge in [0.1, 0.15) is 19.5 Å². The Labute approximate surface area is 166 Å². The second-order valence-electron chi connectivity index (χ2n) is 6.16. The van der Waals surface area contributed by atoms with Crippen LogP contribution >= 0.6 is 11.6 Å². The smallest absolute Gasteiger partial charge is 0.368 e. The van der Waals surface area contributed by atoms with Gasteiger partial charge in [0.25, 0.3) is 0 Å². The van der Waals surface area contributed by atoms with Crippen LogP contribution in [0.3, 0.4) is 0 Å². The molecule has 9 heteroatoms. The first-order valence-corrected chi connectivity index (χ1v) is 8.88. The lowest BCUT2D eigenvalue weighted by Gasteiger charge is -2.14. The van der Waals surface area contributed by atoms with Crippen molar-refractivity contribution in [3.8, 4) is 11.4 Å². The molecule has 0 amide bonds. The minimum absolute atomic E-state index is 0.170. The van der Waals surface area contributed by atoms with Gasteiger partial charge in [0, 0.05) is 17.6 Å². The molecule has 0 saturated carbocycles. The number of aromatic nitrogens is 4. The van der Waals surface area contributed by atoms with Crippen molar-refractivity contribution in [1.82, 2.24) is 19.8 Å². The zero-order valence-corrected chi connectivity index (χ0v) is 16.8. The maximum Gasteiger partial charge on any atom is 0.368 e. The van der Waals surface area contributed by atoms with Crippen LogP contribution in [0.1, 0.15) is 23.6 Å². The maximum absolute atomic E-state index is 12.2. The number of benzene rings is 2. The Kier molecular flexibility index (Phi) is 5.79. The van der Waals surface area contributed by atoms with Crippen LogP contribution in [-0.4, -0.2) is 32.6 Å². The Balaban J connectivity index is 1.89. The molecule has 146 valence electrons.